The fourth-order valence-electron chi connectivity index (χ4n) is 3.06. The molecule has 2 aromatic rings. The number of amides is 1. The minimum absolute atomic E-state index is 0.117. The quantitative estimate of drug-likeness (QED) is 0.700. The van der Waals surface area contributed by atoms with Gasteiger partial charge in [-0.25, -0.2) is 24.1 Å². The summed E-state index contributed by atoms with van der Waals surface area (Å²) < 4.78 is 54.9. The molecule has 3 N–H and O–H groups in total. The molecule has 0 fully saturated rings. The van der Waals surface area contributed by atoms with Crippen molar-refractivity contribution in [1.82, 2.24) is 9.97 Å². The highest BCUT2D eigenvalue weighted by atomic mass is 35.5. The van der Waals surface area contributed by atoms with E-state index in [0.717, 1.165) is 39.1 Å². The predicted octanol–water partition coefficient (Wildman–Crippen LogP) is 3.73. The Bertz CT molecular complexity index is 1170. The summed E-state index contributed by atoms with van der Waals surface area (Å²) in [5.41, 5.74) is 0.257. The molecule has 168 valence electrons. The third-order valence-corrected chi connectivity index (χ3v) is 4.99. The lowest BCUT2D eigenvalue weighted by Crippen LogP contribution is -2.62. The minimum Gasteiger partial charge on any atom is -0.453 e. The number of aromatic nitrogens is 2. The van der Waals surface area contributed by atoms with E-state index in [2.05, 4.69) is 20.3 Å². The maximum absolute atomic E-state index is 15.2. The smallest absolute Gasteiger partial charge is 0.419 e. The van der Waals surface area contributed by atoms with Crippen LogP contribution in [0.3, 0.4) is 0 Å². The molecule has 3 rings (SSSR count). The van der Waals surface area contributed by atoms with Gasteiger partial charge in [-0.1, -0.05) is 11.6 Å². The van der Waals surface area contributed by atoms with Gasteiger partial charge in [0.05, 0.1) is 5.56 Å². The minimum atomic E-state index is -3.74. The Hall–Kier alpha value is -3.59. The largest absolute Gasteiger partial charge is 0.453 e. The van der Waals surface area contributed by atoms with Gasteiger partial charge in [0.25, 0.3) is 6.02 Å². The molecule has 0 spiro atoms. The Morgan fingerprint density at radius 3 is 2.66 bits per heavy atom. The molecule has 13 heteroatoms. The highest BCUT2D eigenvalue weighted by molar-refractivity contribution is 6.32. The van der Waals surface area contributed by atoms with E-state index in [1.807, 2.05) is 6.07 Å². The van der Waals surface area contributed by atoms with E-state index in [0.29, 0.717) is 0 Å². The molecular weight excluding hydrogens is 453 g/mol. The standard InChI is InChI=1S/C19H16ClF3N6O3/c1-17(2)19(22,23)18(3,29-15(25)32-17)13-11(21)4-5-12(27-13)28-16(30)31-14-10(20)6-9(7-24)8-26-14/h4-6,8H,1-3H3,(H2,25,29)(H,27,28,30)/t18-/m1/s1. The number of pyridine rings is 2. The molecule has 9 nitrogen and oxygen atoms in total. The van der Waals surface area contributed by atoms with Gasteiger partial charge in [0.2, 0.25) is 5.88 Å². The van der Waals surface area contributed by atoms with Crippen molar-refractivity contribution in [2.45, 2.75) is 37.8 Å². The Labute approximate surface area is 185 Å². The summed E-state index contributed by atoms with van der Waals surface area (Å²) in [4.78, 5) is 23.3. The molecule has 1 aliphatic heterocycles. The number of carbonyl (C=O) groups excluding carboxylic acids is 1. The number of amidine groups is 1. The molecule has 0 aromatic carbocycles. The van der Waals surface area contributed by atoms with Crippen LogP contribution >= 0.6 is 11.6 Å². The average Bonchev–Trinajstić information content (AvgIpc) is 2.69. The average molecular weight is 469 g/mol. The van der Waals surface area contributed by atoms with Crippen LogP contribution in [0.2, 0.25) is 5.02 Å². The van der Waals surface area contributed by atoms with E-state index in [1.165, 1.54) is 6.07 Å². The number of nitrogens with two attached hydrogens (primary N) is 1. The van der Waals surface area contributed by atoms with Gasteiger partial charge in [-0.05, 0) is 39.0 Å². The summed E-state index contributed by atoms with van der Waals surface area (Å²) in [5.74, 6) is -5.47. The topological polar surface area (TPSA) is 136 Å². The maximum Gasteiger partial charge on any atom is 0.419 e. The van der Waals surface area contributed by atoms with Crippen molar-refractivity contribution >= 4 is 29.5 Å². The highest BCUT2D eigenvalue weighted by Crippen LogP contribution is 2.51. The summed E-state index contributed by atoms with van der Waals surface area (Å²) in [6.07, 6.45) is -0.0116. The molecule has 1 amide bonds. The van der Waals surface area contributed by atoms with Gasteiger partial charge in [0.15, 0.2) is 11.1 Å². The summed E-state index contributed by atoms with van der Waals surface area (Å²) in [7, 11) is 0. The molecule has 2 aromatic heterocycles. The van der Waals surface area contributed by atoms with Gasteiger partial charge >= 0.3 is 12.0 Å². The molecular formula is C19H16ClF3N6O3. The monoisotopic (exact) mass is 468 g/mol. The molecule has 1 aliphatic rings. The zero-order valence-corrected chi connectivity index (χ0v) is 17.7. The number of rotatable bonds is 3. The Morgan fingerprint density at radius 2 is 2.03 bits per heavy atom. The molecule has 32 heavy (non-hydrogen) atoms. The number of alkyl halides is 2. The maximum atomic E-state index is 15.2. The van der Waals surface area contributed by atoms with Gasteiger partial charge in [0.1, 0.15) is 28.4 Å². The number of hydrogen-bond donors (Lipinski definition) is 2. The highest BCUT2D eigenvalue weighted by Gasteiger charge is 2.67. The molecule has 0 aliphatic carbocycles. The number of carbonyl (C=O) groups is 1. The van der Waals surface area contributed by atoms with Gasteiger partial charge in [-0.15, -0.1) is 0 Å². The molecule has 0 radical (unpaired) electrons. The second-order valence-corrected chi connectivity index (χ2v) is 7.78. The van der Waals surface area contributed by atoms with Crippen molar-refractivity contribution in [1.29, 1.82) is 5.26 Å². The lowest BCUT2D eigenvalue weighted by molar-refractivity contribution is -0.208. The molecule has 3 heterocycles. The van der Waals surface area contributed by atoms with Crippen LogP contribution in [0.1, 0.15) is 32.0 Å². The van der Waals surface area contributed by atoms with Crippen molar-refractivity contribution in [3.8, 4) is 11.9 Å². The first-order chi connectivity index (χ1) is 14.8. The fourth-order valence-corrected chi connectivity index (χ4v) is 3.26. The first kappa shape index (κ1) is 23.1. The zero-order chi connectivity index (χ0) is 23.9. The van der Waals surface area contributed by atoms with E-state index in [-0.39, 0.29) is 22.3 Å². The normalized spacial score (nSPS) is 21.0. The lowest BCUT2D eigenvalue weighted by atomic mass is 9.79. The van der Waals surface area contributed by atoms with Crippen molar-refractivity contribution in [2.24, 2.45) is 10.7 Å². The van der Waals surface area contributed by atoms with Crippen molar-refractivity contribution < 1.29 is 27.4 Å². The van der Waals surface area contributed by atoms with Crippen LogP contribution < -0.4 is 15.8 Å². The number of nitrogens with zero attached hydrogens (tertiary/aromatic N) is 4. The number of hydrogen-bond acceptors (Lipinski definition) is 8. The molecule has 0 bridgehead atoms. The summed E-state index contributed by atoms with van der Waals surface area (Å²) in [5, 5.41) is 10.9. The van der Waals surface area contributed by atoms with E-state index in [9.17, 15) is 9.18 Å². The third kappa shape index (κ3) is 3.87. The number of aliphatic imine (C=N–C) groups is 1. The van der Waals surface area contributed by atoms with Crippen LogP contribution in [0.25, 0.3) is 0 Å². The van der Waals surface area contributed by atoms with Crippen LogP contribution in [-0.2, 0) is 10.3 Å². The number of ether oxygens (including phenoxy) is 2. The van der Waals surface area contributed by atoms with Crippen molar-refractivity contribution in [3.63, 3.8) is 0 Å². The van der Waals surface area contributed by atoms with Crippen molar-refractivity contribution in [3.05, 3.63) is 46.5 Å². The summed E-state index contributed by atoms with van der Waals surface area (Å²) >= 11 is 5.89. The van der Waals surface area contributed by atoms with Gasteiger partial charge in [-0.3, -0.25) is 5.32 Å². The Balaban J connectivity index is 1.92. The SMILES string of the molecule is CC1(C)OC(N)=N[C@](C)(c2nc(NC(=O)Oc3ncc(C#N)cc3Cl)ccc2F)C1(F)F. The van der Waals surface area contributed by atoms with E-state index in [1.54, 1.807) is 0 Å². The Morgan fingerprint density at radius 1 is 1.34 bits per heavy atom. The predicted molar refractivity (Wildman–Crippen MR) is 107 cm³/mol. The van der Waals surface area contributed by atoms with Crippen LogP contribution in [0.4, 0.5) is 23.8 Å². The number of nitriles is 1. The Kier molecular flexibility index (Phi) is 5.65. The third-order valence-electron chi connectivity index (χ3n) is 4.72. The lowest BCUT2D eigenvalue weighted by Gasteiger charge is -2.46. The second-order valence-electron chi connectivity index (χ2n) is 7.37. The van der Waals surface area contributed by atoms with E-state index < -0.39 is 40.7 Å². The first-order valence-electron chi connectivity index (χ1n) is 8.94. The number of anilines is 1. The van der Waals surface area contributed by atoms with Gasteiger partial charge in [0, 0.05) is 6.20 Å². The molecule has 0 unspecified atom stereocenters. The van der Waals surface area contributed by atoms with Gasteiger partial charge < -0.3 is 15.2 Å². The number of halogens is 4. The van der Waals surface area contributed by atoms with Gasteiger partial charge in [-0.2, -0.15) is 14.0 Å². The molecule has 0 saturated carbocycles. The number of nitrogens with one attached hydrogen (secondary N) is 1. The van der Waals surface area contributed by atoms with Crippen LogP contribution in [-0.4, -0.2) is 33.6 Å². The second kappa shape index (κ2) is 7.83. The summed E-state index contributed by atoms with van der Waals surface area (Å²) in [6, 6.07) is 4.34. The molecule has 0 saturated heterocycles. The zero-order valence-electron chi connectivity index (χ0n) is 16.9. The van der Waals surface area contributed by atoms with Crippen LogP contribution in [0.5, 0.6) is 5.88 Å². The summed E-state index contributed by atoms with van der Waals surface area (Å²) in [6.45, 7) is 3.12. The first-order valence-corrected chi connectivity index (χ1v) is 9.32. The molecule has 1 atom stereocenters. The van der Waals surface area contributed by atoms with E-state index in [4.69, 9.17) is 32.1 Å². The van der Waals surface area contributed by atoms with E-state index >= 15 is 8.78 Å². The van der Waals surface area contributed by atoms with Crippen LogP contribution in [0.15, 0.2) is 29.4 Å². The van der Waals surface area contributed by atoms with Crippen LogP contribution in [0, 0.1) is 17.1 Å². The van der Waals surface area contributed by atoms with Crippen molar-refractivity contribution in [2.75, 3.05) is 5.32 Å². The fraction of sp³-hybridized carbons (Fsp3) is 0.316.